The van der Waals surface area contributed by atoms with Gasteiger partial charge in [-0.05, 0) is 37.0 Å². The van der Waals surface area contributed by atoms with Crippen LogP contribution < -0.4 is 5.32 Å². The number of nitrogens with one attached hydrogen (secondary N) is 1. The molecule has 0 atom stereocenters. The normalized spacial score (nSPS) is 18.0. The van der Waals surface area contributed by atoms with Gasteiger partial charge in [-0.15, -0.1) is 0 Å². The van der Waals surface area contributed by atoms with E-state index in [4.69, 9.17) is 0 Å². The topological polar surface area (TPSA) is 83.6 Å². The molecule has 0 saturated carbocycles. The highest BCUT2D eigenvalue weighted by Crippen LogP contribution is 2.35. The maximum atomic E-state index is 13.3. The van der Waals surface area contributed by atoms with E-state index >= 15 is 0 Å². The molecule has 0 unspecified atom stereocenters. The molecule has 1 aliphatic rings. The molecule has 1 N–H and O–H groups in total. The number of rotatable bonds is 5. The monoisotopic (exact) mass is 418 g/mol. The number of nitrogens with zero attached hydrogens (tertiary/aromatic N) is 1. The summed E-state index contributed by atoms with van der Waals surface area (Å²) >= 11 is 0. The van der Waals surface area contributed by atoms with E-state index in [-0.39, 0.29) is 31.2 Å². The number of hydrogen-bond donors (Lipinski definition) is 1. The Morgan fingerprint density at radius 3 is 2.23 bits per heavy atom. The molecule has 0 spiro atoms. The van der Waals surface area contributed by atoms with Crippen LogP contribution >= 0.6 is 0 Å². The molecule has 1 fully saturated rings. The summed E-state index contributed by atoms with van der Waals surface area (Å²) in [7, 11) is -9.00. The van der Waals surface area contributed by atoms with Crippen LogP contribution in [0.4, 0.5) is 23.2 Å². The fourth-order valence-corrected chi connectivity index (χ4v) is 4.51. The van der Waals surface area contributed by atoms with Crippen LogP contribution in [-0.2, 0) is 19.9 Å². The lowest BCUT2D eigenvalue weighted by molar-refractivity contribution is -0.0435. The highest BCUT2D eigenvalue weighted by molar-refractivity contribution is 7.92. The molecule has 12 heteroatoms. The van der Waals surface area contributed by atoms with Gasteiger partial charge in [0.25, 0.3) is 9.84 Å². The van der Waals surface area contributed by atoms with Gasteiger partial charge in [-0.1, -0.05) is 0 Å². The van der Waals surface area contributed by atoms with Crippen LogP contribution in [0.5, 0.6) is 0 Å². The summed E-state index contributed by atoms with van der Waals surface area (Å²) in [5.74, 6) is -1.15. The number of halogens is 4. The van der Waals surface area contributed by atoms with Crippen LogP contribution in [0.15, 0.2) is 23.1 Å². The van der Waals surface area contributed by atoms with E-state index in [2.05, 4.69) is 5.32 Å². The van der Waals surface area contributed by atoms with E-state index in [1.54, 1.807) is 0 Å². The molecular formula is C14H18F4N2O4S2. The summed E-state index contributed by atoms with van der Waals surface area (Å²) in [6, 6.07) is 2.14. The Balaban J connectivity index is 2.12. The predicted molar refractivity (Wildman–Crippen MR) is 87.3 cm³/mol. The molecule has 1 aliphatic heterocycles. The van der Waals surface area contributed by atoms with Crippen molar-refractivity contribution in [3.8, 4) is 0 Å². The zero-order valence-electron chi connectivity index (χ0n) is 13.8. The van der Waals surface area contributed by atoms with Gasteiger partial charge in [0.2, 0.25) is 10.0 Å². The zero-order valence-corrected chi connectivity index (χ0v) is 15.4. The Hall–Kier alpha value is -1.40. The number of anilines is 1. The molecule has 1 aromatic carbocycles. The molecule has 0 aromatic heterocycles. The van der Waals surface area contributed by atoms with Gasteiger partial charge in [-0.3, -0.25) is 0 Å². The smallest absolute Gasteiger partial charge is 0.384 e. The molecule has 148 valence electrons. The SMILES string of the molecule is CS(=O)(=O)N1CCC(CNc2ccc(F)cc2S(=O)(=O)C(F)(F)F)CC1. The first kappa shape index (κ1) is 20.9. The molecule has 0 bridgehead atoms. The molecule has 2 rings (SSSR count). The van der Waals surface area contributed by atoms with Gasteiger partial charge in [-0.25, -0.2) is 25.5 Å². The van der Waals surface area contributed by atoms with Gasteiger partial charge in [-0.2, -0.15) is 13.2 Å². The summed E-state index contributed by atoms with van der Waals surface area (Å²) < 4.78 is 99.1. The minimum absolute atomic E-state index is 0.0560. The second kappa shape index (κ2) is 7.31. The van der Waals surface area contributed by atoms with Crippen molar-refractivity contribution in [3.05, 3.63) is 24.0 Å². The Labute approximate surface area is 149 Å². The maximum absolute atomic E-state index is 13.3. The van der Waals surface area contributed by atoms with Crippen molar-refractivity contribution in [2.75, 3.05) is 31.2 Å². The van der Waals surface area contributed by atoms with Crippen molar-refractivity contribution >= 4 is 25.5 Å². The summed E-state index contributed by atoms with van der Waals surface area (Å²) in [6.07, 6.45) is 2.05. The van der Waals surface area contributed by atoms with Crippen molar-refractivity contribution in [2.45, 2.75) is 23.2 Å². The third kappa shape index (κ3) is 4.65. The molecule has 6 nitrogen and oxygen atoms in total. The van der Waals surface area contributed by atoms with Crippen molar-refractivity contribution in [1.82, 2.24) is 4.31 Å². The molecule has 0 radical (unpaired) electrons. The first-order chi connectivity index (χ1) is 11.8. The zero-order chi connectivity index (χ0) is 19.8. The number of sulfone groups is 1. The van der Waals surface area contributed by atoms with Gasteiger partial charge in [0.1, 0.15) is 10.7 Å². The largest absolute Gasteiger partial charge is 0.501 e. The van der Waals surface area contributed by atoms with E-state index in [1.807, 2.05) is 0 Å². The van der Waals surface area contributed by atoms with Crippen molar-refractivity contribution < 1.29 is 34.4 Å². The van der Waals surface area contributed by atoms with Crippen LogP contribution in [0, 0.1) is 11.7 Å². The van der Waals surface area contributed by atoms with Gasteiger partial charge < -0.3 is 5.32 Å². The van der Waals surface area contributed by atoms with Crippen molar-refractivity contribution in [2.24, 2.45) is 5.92 Å². The van der Waals surface area contributed by atoms with E-state index in [0.29, 0.717) is 18.9 Å². The minimum atomic E-state index is -5.70. The Bertz CT molecular complexity index is 861. The lowest BCUT2D eigenvalue weighted by Gasteiger charge is -2.30. The minimum Gasteiger partial charge on any atom is -0.384 e. The molecule has 0 aliphatic carbocycles. The van der Waals surface area contributed by atoms with E-state index in [0.717, 1.165) is 18.4 Å². The first-order valence-corrected chi connectivity index (χ1v) is 11.0. The van der Waals surface area contributed by atoms with Gasteiger partial charge in [0.05, 0.1) is 11.9 Å². The quantitative estimate of drug-likeness (QED) is 0.742. The first-order valence-electron chi connectivity index (χ1n) is 7.62. The molecule has 1 heterocycles. The fraction of sp³-hybridized carbons (Fsp3) is 0.571. The Kier molecular flexibility index (Phi) is 5.88. The molecule has 0 amide bonds. The summed E-state index contributed by atoms with van der Waals surface area (Å²) in [6.45, 7) is 0.703. The van der Waals surface area contributed by atoms with Gasteiger partial charge in [0.15, 0.2) is 0 Å². The number of hydrogen-bond acceptors (Lipinski definition) is 5. The third-order valence-electron chi connectivity index (χ3n) is 4.16. The lowest BCUT2D eigenvalue weighted by atomic mass is 9.98. The summed E-state index contributed by atoms with van der Waals surface area (Å²) in [5, 5.41) is 2.63. The van der Waals surface area contributed by atoms with Crippen molar-refractivity contribution in [3.63, 3.8) is 0 Å². The Morgan fingerprint density at radius 2 is 1.73 bits per heavy atom. The number of piperidine rings is 1. The fourth-order valence-electron chi connectivity index (χ4n) is 2.69. The molecule has 1 aromatic rings. The summed E-state index contributed by atoms with van der Waals surface area (Å²) in [5.41, 5.74) is -5.88. The average Bonchev–Trinajstić information content (AvgIpc) is 2.52. The van der Waals surface area contributed by atoms with Gasteiger partial charge in [0, 0.05) is 19.6 Å². The number of alkyl halides is 3. The van der Waals surface area contributed by atoms with Crippen LogP contribution in [-0.4, -0.2) is 52.5 Å². The average molecular weight is 418 g/mol. The van der Waals surface area contributed by atoms with Crippen LogP contribution in [0.3, 0.4) is 0 Å². The lowest BCUT2D eigenvalue weighted by Crippen LogP contribution is -2.39. The summed E-state index contributed by atoms with van der Waals surface area (Å²) in [4.78, 5) is -1.17. The second-order valence-corrected chi connectivity index (χ2v) is 9.97. The Morgan fingerprint density at radius 1 is 1.15 bits per heavy atom. The van der Waals surface area contributed by atoms with Crippen LogP contribution in [0.25, 0.3) is 0 Å². The van der Waals surface area contributed by atoms with Gasteiger partial charge >= 0.3 is 5.51 Å². The highest BCUT2D eigenvalue weighted by Gasteiger charge is 2.48. The highest BCUT2D eigenvalue weighted by atomic mass is 32.2. The third-order valence-corrected chi connectivity index (χ3v) is 6.99. The predicted octanol–water partition coefficient (Wildman–Crippen LogP) is 2.20. The van der Waals surface area contributed by atoms with Crippen LogP contribution in [0.2, 0.25) is 0 Å². The van der Waals surface area contributed by atoms with E-state index in [9.17, 15) is 34.4 Å². The maximum Gasteiger partial charge on any atom is 0.501 e. The van der Waals surface area contributed by atoms with E-state index in [1.165, 1.54) is 4.31 Å². The van der Waals surface area contributed by atoms with Crippen LogP contribution in [0.1, 0.15) is 12.8 Å². The molecular weight excluding hydrogens is 400 g/mol. The number of benzene rings is 1. The van der Waals surface area contributed by atoms with E-state index < -0.39 is 36.1 Å². The standard InChI is InChI=1S/C14H18F4N2O4S2/c1-25(21,22)20-6-4-10(5-7-20)9-19-12-3-2-11(15)8-13(12)26(23,24)14(16,17)18/h2-3,8,10,19H,4-7,9H2,1H3. The molecule has 1 saturated heterocycles. The molecule has 26 heavy (non-hydrogen) atoms. The number of sulfonamides is 1. The van der Waals surface area contributed by atoms with Crippen molar-refractivity contribution in [1.29, 1.82) is 0 Å². The second-order valence-electron chi connectivity index (χ2n) is 6.08.